The molecule has 0 aliphatic carbocycles. The van der Waals surface area contributed by atoms with Crippen molar-refractivity contribution in [3.05, 3.63) is 30.0 Å². The maximum atomic E-state index is 4.61. The normalized spacial score (nSPS) is 16.3. The summed E-state index contributed by atoms with van der Waals surface area (Å²) in [5.41, 5.74) is 2.45. The van der Waals surface area contributed by atoms with Crippen molar-refractivity contribution in [1.29, 1.82) is 0 Å². The Bertz CT molecular complexity index is 516. The van der Waals surface area contributed by atoms with Gasteiger partial charge >= 0.3 is 0 Å². The van der Waals surface area contributed by atoms with Crippen molar-refractivity contribution >= 4 is 22.7 Å². The molecule has 1 aromatic carbocycles. The zero-order valence-corrected chi connectivity index (χ0v) is 10.8. The zero-order chi connectivity index (χ0) is 11.7. The number of rotatable bonds is 4. The maximum Gasteiger partial charge on any atom is 0.0802 e. The van der Waals surface area contributed by atoms with E-state index in [1.807, 2.05) is 23.5 Å². The number of aryl methyl sites for hydroxylation is 1. The fourth-order valence-electron chi connectivity index (χ4n) is 2.18. The van der Waals surface area contributed by atoms with Gasteiger partial charge in [0.05, 0.1) is 11.2 Å². The molecule has 2 heterocycles. The number of nitrogens with one attached hydrogen (secondary N) is 1. The van der Waals surface area contributed by atoms with E-state index >= 15 is 0 Å². The highest BCUT2D eigenvalue weighted by Gasteiger charge is 2.16. The van der Waals surface area contributed by atoms with Crippen LogP contribution in [0.25, 0.3) is 10.9 Å². The van der Waals surface area contributed by atoms with Gasteiger partial charge in [0.1, 0.15) is 0 Å². The molecule has 1 aromatic heterocycles. The van der Waals surface area contributed by atoms with E-state index in [4.69, 9.17) is 0 Å². The van der Waals surface area contributed by atoms with Gasteiger partial charge in [-0.1, -0.05) is 18.2 Å². The number of hydrogen-bond donors (Lipinski definition) is 1. The highest BCUT2D eigenvalue weighted by Crippen LogP contribution is 2.23. The standard InChI is InChI=1S/C13H17N3S/c1-16-13-5-3-2-4-11(13)12(15-16)9-17-8-10-6-14-7-10/h2-5,10,14H,6-9H2,1H3. The molecular formula is C13H17N3S. The van der Waals surface area contributed by atoms with E-state index in [0.717, 1.165) is 11.7 Å². The highest BCUT2D eigenvalue weighted by molar-refractivity contribution is 7.98. The van der Waals surface area contributed by atoms with Crippen LogP contribution < -0.4 is 5.32 Å². The molecule has 0 spiro atoms. The molecule has 1 saturated heterocycles. The van der Waals surface area contributed by atoms with Gasteiger partial charge in [0.2, 0.25) is 0 Å². The number of hydrogen-bond acceptors (Lipinski definition) is 3. The van der Waals surface area contributed by atoms with E-state index in [0.29, 0.717) is 0 Å². The van der Waals surface area contributed by atoms with Crippen LogP contribution in [0, 0.1) is 5.92 Å². The second-order valence-corrected chi connectivity index (χ2v) is 5.66. The summed E-state index contributed by atoms with van der Waals surface area (Å²) in [6.07, 6.45) is 0. The second-order valence-electron chi connectivity index (χ2n) is 4.63. The van der Waals surface area contributed by atoms with Gasteiger partial charge in [0.25, 0.3) is 0 Å². The minimum atomic E-state index is 0.870. The predicted octanol–water partition coefficient (Wildman–Crippen LogP) is 2.03. The molecule has 2 aromatic rings. The third kappa shape index (κ3) is 2.19. The average Bonchev–Trinajstić information content (AvgIpc) is 2.60. The third-order valence-electron chi connectivity index (χ3n) is 3.29. The molecule has 1 N–H and O–H groups in total. The lowest BCUT2D eigenvalue weighted by atomic mass is 10.1. The molecule has 0 saturated carbocycles. The minimum absolute atomic E-state index is 0.870. The monoisotopic (exact) mass is 247 g/mol. The van der Waals surface area contributed by atoms with Gasteiger partial charge in [-0.25, -0.2) is 0 Å². The van der Waals surface area contributed by atoms with Crippen molar-refractivity contribution < 1.29 is 0 Å². The van der Waals surface area contributed by atoms with E-state index in [-0.39, 0.29) is 0 Å². The summed E-state index contributed by atoms with van der Waals surface area (Å²) in [7, 11) is 2.02. The van der Waals surface area contributed by atoms with Gasteiger partial charge in [0.15, 0.2) is 0 Å². The number of fused-ring (bicyclic) bond motifs is 1. The van der Waals surface area contributed by atoms with Crippen molar-refractivity contribution in [2.24, 2.45) is 13.0 Å². The summed E-state index contributed by atoms with van der Waals surface area (Å²) in [5, 5.41) is 9.22. The lowest BCUT2D eigenvalue weighted by Crippen LogP contribution is -2.43. The molecule has 1 fully saturated rings. The second kappa shape index (κ2) is 4.70. The topological polar surface area (TPSA) is 29.9 Å². The van der Waals surface area contributed by atoms with E-state index < -0.39 is 0 Å². The molecule has 4 heteroatoms. The first-order valence-electron chi connectivity index (χ1n) is 6.03. The first-order valence-corrected chi connectivity index (χ1v) is 7.19. The van der Waals surface area contributed by atoms with Crippen molar-refractivity contribution in [1.82, 2.24) is 15.1 Å². The predicted molar refractivity (Wildman–Crippen MR) is 73.2 cm³/mol. The van der Waals surface area contributed by atoms with Crippen LogP contribution >= 0.6 is 11.8 Å². The minimum Gasteiger partial charge on any atom is -0.316 e. The fourth-order valence-corrected chi connectivity index (χ4v) is 3.28. The molecule has 1 aliphatic rings. The number of aromatic nitrogens is 2. The molecule has 0 bridgehead atoms. The molecule has 3 nitrogen and oxygen atoms in total. The van der Waals surface area contributed by atoms with Gasteiger partial charge < -0.3 is 5.32 Å². The summed E-state index contributed by atoms with van der Waals surface area (Å²) in [5.74, 6) is 3.14. The summed E-state index contributed by atoms with van der Waals surface area (Å²) < 4.78 is 1.98. The van der Waals surface area contributed by atoms with Gasteiger partial charge in [-0.15, -0.1) is 0 Å². The van der Waals surface area contributed by atoms with Crippen LogP contribution in [0.15, 0.2) is 24.3 Å². The SMILES string of the molecule is Cn1nc(CSCC2CNC2)c2ccccc21. The Kier molecular flexibility index (Phi) is 3.07. The number of para-hydroxylation sites is 1. The third-order valence-corrected chi connectivity index (χ3v) is 4.48. The van der Waals surface area contributed by atoms with Crippen molar-refractivity contribution in [3.63, 3.8) is 0 Å². The van der Waals surface area contributed by atoms with Crippen molar-refractivity contribution in [3.8, 4) is 0 Å². The summed E-state index contributed by atoms with van der Waals surface area (Å²) in [6.45, 7) is 2.38. The fraction of sp³-hybridized carbons (Fsp3) is 0.462. The zero-order valence-electron chi connectivity index (χ0n) is 10.0. The summed E-state index contributed by atoms with van der Waals surface area (Å²) in [4.78, 5) is 0. The quantitative estimate of drug-likeness (QED) is 0.896. The van der Waals surface area contributed by atoms with E-state index in [2.05, 4.69) is 34.7 Å². The Labute approximate surface area is 106 Å². The highest BCUT2D eigenvalue weighted by atomic mass is 32.2. The van der Waals surface area contributed by atoms with Gasteiger partial charge in [-0.3, -0.25) is 4.68 Å². The van der Waals surface area contributed by atoms with Gasteiger partial charge in [-0.05, 0) is 30.8 Å². The van der Waals surface area contributed by atoms with Gasteiger partial charge in [-0.2, -0.15) is 16.9 Å². The Balaban J connectivity index is 1.71. The lowest BCUT2D eigenvalue weighted by molar-refractivity contribution is 0.385. The van der Waals surface area contributed by atoms with Crippen LogP contribution in [0.1, 0.15) is 5.69 Å². The Hall–Kier alpha value is -1.00. The largest absolute Gasteiger partial charge is 0.316 e. The van der Waals surface area contributed by atoms with Crippen LogP contribution in [-0.2, 0) is 12.8 Å². The van der Waals surface area contributed by atoms with Crippen LogP contribution in [0.3, 0.4) is 0 Å². The molecular weight excluding hydrogens is 230 g/mol. The summed E-state index contributed by atoms with van der Waals surface area (Å²) in [6, 6.07) is 8.46. The average molecular weight is 247 g/mol. The molecule has 0 amide bonds. The smallest absolute Gasteiger partial charge is 0.0802 e. The Morgan fingerprint density at radius 1 is 1.41 bits per heavy atom. The number of benzene rings is 1. The maximum absolute atomic E-state index is 4.61. The van der Waals surface area contributed by atoms with E-state index in [1.165, 1.54) is 35.4 Å². The van der Waals surface area contributed by atoms with Gasteiger partial charge in [0, 0.05) is 18.2 Å². The van der Waals surface area contributed by atoms with Crippen LogP contribution in [0.5, 0.6) is 0 Å². The molecule has 0 atom stereocenters. The molecule has 0 radical (unpaired) electrons. The molecule has 90 valence electrons. The Morgan fingerprint density at radius 2 is 2.24 bits per heavy atom. The van der Waals surface area contributed by atoms with E-state index in [9.17, 15) is 0 Å². The van der Waals surface area contributed by atoms with Crippen LogP contribution in [0.4, 0.5) is 0 Å². The number of thioether (sulfide) groups is 1. The number of nitrogens with zero attached hydrogens (tertiary/aromatic N) is 2. The van der Waals surface area contributed by atoms with Crippen molar-refractivity contribution in [2.45, 2.75) is 5.75 Å². The van der Waals surface area contributed by atoms with Crippen LogP contribution in [0.2, 0.25) is 0 Å². The van der Waals surface area contributed by atoms with Crippen LogP contribution in [-0.4, -0.2) is 28.6 Å². The van der Waals surface area contributed by atoms with Crippen molar-refractivity contribution in [2.75, 3.05) is 18.8 Å². The molecule has 17 heavy (non-hydrogen) atoms. The lowest BCUT2D eigenvalue weighted by Gasteiger charge is -2.26. The van der Waals surface area contributed by atoms with E-state index in [1.54, 1.807) is 0 Å². The summed E-state index contributed by atoms with van der Waals surface area (Å²) >= 11 is 2.00. The first-order chi connectivity index (χ1) is 8.34. The molecule has 0 unspecified atom stereocenters. The Morgan fingerprint density at radius 3 is 3.00 bits per heavy atom. The molecule has 3 rings (SSSR count). The molecule has 1 aliphatic heterocycles. The first kappa shape index (κ1) is 11.1.